The molecule has 2 unspecified atom stereocenters. The Balaban J connectivity index is 0.000000228. The van der Waals surface area contributed by atoms with Crippen LogP contribution in [0.5, 0.6) is 11.5 Å². The Bertz CT molecular complexity index is 2290. The smallest absolute Gasteiger partial charge is 0.319 e. The summed E-state index contributed by atoms with van der Waals surface area (Å²) in [5.41, 5.74) is 5.57. The van der Waals surface area contributed by atoms with E-state index in [1.807, 2.05) is 153 Å². The highest BCUT2D eigenvalue weighted by Gasteiger charge is 2.22. The van der Waals surface area contributed by atoms with Crippen molar-refractivity contribution in [1.82, 2.24) is 0 Å². The molecule has 0 radical (unpaired) electrons. The molecule has 10 heteroatoms. The number of nitrogens with zero attached hydrogens (tertiary/aromatic N) is 2. The van der Waals surface area contributed by atoms with Crippen LogP contribution >= 0.6 is 23.5 Å². The first kappa shape index (κ1) is 44.6. The van der Waals surface area contributed by atoms with E-state index in [1.165, 1.54) is 23.5 Å². The van der Waals surface area contributed by atoms with Gasteiger partial charge >= 0.3 is 11.9 Å². The van der Waals surface area contributed by atoms with Crippen molar-refractivity contribution < 1.29 is 28.9 Å². The molecule has 1 N–H and O–H groups in total. The van der Waals surface area contributed by atoms with Crippen LogP contribution in [-0.2, 0) is 40.0 Å². The fraction of sp³-hybridized carbons (Fsp3) is 0.200. The Hall–Kier alpha value is -6.46. The number of carboxylic acids is 1. The molecule has 0 aliphatic rings. The predicted octanol–water partition coefficient (Wildman–Crippen LogP) is 10.4. The summed E-state index contributed by atoms with van der Waals surface area (Å²) < 4.78 is 16.9. The number of nitriles is 2. The maximum Gasteiger partial charge on any atom is 0.319 e. The van der Waals surface area contributed by atoms with Crippen LogP contribution in [0.15, 0.2) is 168 Å². The highest BCUT2D eigenvalue weighted by molar-refractivity contribution is 8.00. The van der Waals surface area contributed by atoms with Crippen LogP contribution in [0.25, 0.3) is 0 Å². The summed E-state index contributed by atoms with van der Waals surface area (Å²) in [4.78, 5) is 26.1. The number of ether oxygens (including phenoxy) is 3. The standard InChI is InChI=1S/C26H25NO3S.C24H21NO3S/c1-2-29-26(28)25(31-24-6-4-3-5-7-24)18-21-12-14-23(15-13-21)30-17-16-20-8-10-22(19-27)11-9-20;25-17-20-8-6-18(7-9-20)14-15-28-21-12-10-19(11-13-21)16-23(24(26)27)29-22-4-2-1-3-5-22/h3-15,25H,2,16-18H2,1H3;1-13,23H,14-16H2,(H,26,27). The van der Waals surface area contributed by atoms with Crippen LogP contribution in [0.2, 0.25) is 0 Å². The molecule has 6 aromatic carbocycles. The van der Waals surface area contributed by atoms with E-state index in [1.54, 1.807) is 12.1 Å². The molecule has 0 fully saturated rings. The van der Waals surface area contributed by atoms with E-state index < -0.39 is 11.2 Å². The van der Waals surface area contributed by atoms with Crippen LogP contribution in [0.3, 0.4) is 0 Å². The van der Waals surface area contributed by atoms with E-state index in [0.29, 0.717) is 43.8 Å². The zero-order valence-electron chi connectivity index (χ0n) is 33.3. The molecule has 304 valence electrons. The largest absolute Gasteiger partial charge is 0.493 e. The summed E-state index contributed by atoms with van der Waals surface area (Å²) in [7, 11) is 0. The van der Waals surface area contributed by atoms with Gasteiger partial charge in [0.15, 0.2) is 0 Å². The number of hydrogen-bond donors (Lipinski definition) is 1. The Labute approximate surface area is 360 Å². The molecule has 0 aliphatic heterocycles. The molecule has 6 aromatic rings. The van der Waals surface area contributed by atoms with Crippen molar-refractivity contribution in [2.75, 3.05) is 19.8 Å². The van der Waals surface area contributed by atoms with Crippen molar-refractivity contribution in [3.05, 3.63) is 191 Å². The van der Waals surface area contributed by atoms with Gasteiger partial charge in [0.2, 0.25) is 0 Å². The Morgan fingerprint density at radius 3 is 1.32 bits per heavy atom. The summed E-state index contributed by atoms with van der Waals surface area (Å²) in [6.45, 7) is 3.29. The number of esters is 1. The number of carboxylic acid groups (broad SMARTS) is 1. The first-order valence-corrected chi connectivity index (χ1v) is 21.3. The molecular weight excluding hydrogens is 789 g/mol. The minimum atomic E-state index is -0.818. The Morgan fingerprint density at radius 1 is 0.550 bits per heavy atom. The molecule has 0 saturated carbocycles. The fourth-order valence-electron chi connectivity index (χ4n) is 5.85. The third-order valence-corrected chi connectivity index (χ3v) is 11.4. The molecule has 0 spiro atoms. The topological polar surface area (TPSA) is 130 Å². The number of benzene rings is 6. The SMILES string of the molecule is CCOC(=O)C(Cc1ccc(OCCc2ccc(C#N)cc2)cc1)Sc1ccccc1.N#Cc1ccc(CCOc2ccc(CC(Sc3ccccc3)C(=O)O)cc2)cc1. The number of rotatable bonds is 19. The van der Waals surface area contributed by atoms with Gasteiger partial charge in [-0.1, -0.05) is 84.9 Å². The van der Waals surface area contributed by atoms with Crippen molar-refractivity contribution >= 4 is 35.5 Å². The molecule has 0 bridgehead atoms. The second-order valence-corrected chi connectivity index (χ2v) is 16.0. The third-order valence-electron chi connectivity index (χ3n) is 9.04. The van der Waals surface area contributed by atoms with E-state index in [2.05, 4.69) is 12.1 Å². The van der Waals surface area contributed by atoms with Crippen molar-refractivity contribution in [2.24, 2.45) is 0 Å². The van der Waals surface area contributed by atoms with Gasteiger partial charge in [0, 0.05) is 22.6 Å². The van der Waals surface area contributed by atoms with Crippen molar-refractivity contribution in [1.29, 1.82) is 10.5 Å². The zero-order valence-corrected chi connectivity index (χ0v) is 34.9. The summed E-state index contributed by atoms with van der Waals surface area (Å²) in [6, 6.07) is 54.1. The van der Waals surface area contributed by atoms with Crippen molar-refractivity contribution in [3.8, 4) is 23.6 Å². The summed E-state index contributed by atoms with van der Waals surface area (Å²) >= 11 is 2.88. The average Bonchev–Trinajstić information content (AvgIpc) is 3.28. The minimum Gasteiger partial charge on any atom is -0.493 e. The average molecular weight is 835 g/mol. The van der Waals surface area contributed by atoms with Gasteiger partial charge in [0.05, 0.1) is 43.1 Å². The van der Waals surface area contributed by atoms with Crippen molar-refractivity contribution in [2.45, 2.75) is 52.9 Å². The van der Waals surface area contributed by atoms with Crippen molar-refractivity contribution in [3.63, 3.8) is 0 Å². The molecular formula is C50H46N2O6S2. The lowest BCUT2D eigenvalue weighted by atomic mass is 10.1. The predicted molar refractivity (Wildman–Crippen MR) is 237 cm³/mol. The molecule has 0 saturated heterocycles. The van der Waals surface area contributed by atoms with Crippen LogP contribution in [0.4, 0.5) is 0 Å². The highest BCUT2D eigenvalue weighted by atomic mass is 32.2. The second kappa shape index (κ2) is 24.5. The number of carbonyl (C=O) groups excluding carboxylic acids is 1. The summed E-state index contributed by atoms with van der Waals surface area (Å²) in [5.74, 6) is 0.534. The van der Waals surface area contributed by atoms with E-state index in [-0.39, 0.29) is 11.2 Å². The number of aliphatic carboxylic acids is 1. The van der Waals surface area contributed by atoms with Gasteiger partial charge in [-0.25, -0.2) is 0 Å². The van der Waals surface area contributed by atoms with Gasteiger partial charge < -0.3 is 19.3 Å². The molecule has 8 nitrogen and oxygen atoms in total. The van der Waals surface area contributed by atoms with Gasteiger partial charge in [0.1, 0.15) is 22.0 Å². The molecule has 0 aliphatic carbocycles. The minimum absolute atomic E-state index is 0.195. The monoisotopic (exact) mass is 834 g/mol. The molecule has 0 heterocycles. The van der Waals surface area contributed by atoms with Gasteiger partial charge in [0.25, 0.3) is 0 Å². The Morgan fingerprint density at radius 2 is 0.933 bits per heavy atom. The van der Waals surface area contributed by atoms with Crippen LogP contribution in [0, 0.1) is 22.7 Å². The first-order valence-electron chi connectivity index (χ1n) is 19.6. The fourth-order valence-corrected chi connectivity index (χ4v) is 7.95. The van der Waals surface area contributed by atoms with Gasteiger partial charge in [-0.05, 0) is 115 Å². The summed E-state index contributed by atoms with van der Waals surface area (Å²) in [6.07, 6.45) is 2.55. The quantitative estimate of drug-likeness (QED) is 0.0622. The van der Waals surface area contributed by atoms with Crippen LogP contribution < -0.4 is 9.47 Å². The molecule has 60 heavy (non-hydrogen) atoms. The number of carbonyl (C=O) groups is 2. The summed E-state index contributed by atoms with van der Waals surface area (Å²) in [5, 5.41) is 26.4. The number of hydrogen-bond acceptors (Lipinski definition) is 9. The molecule has 0 amide bonds. The first-order chi connectivity index (χ1) is 29.3. The van der Waals surface area contributed by atoms with Gasteiger partial charge in [-0.3, -0.25) is 9.59 Å². The van der Waals surface area contributed by atoms with E-state index >= 15 is 0 Å². The maximum atomic E-state index is 12.4. The zero-order chi connectivity index (χ0) is 42.4. The van der Waals surface area contributed by atoms with E-state index in [0.717, 1.165) is 56.4 Å². The van der Waals surface area contributed by atoms with Gasteiger partial charge in [-0.15, -0.1) is 23.5 Å². The van der Waals surface area contributed by atoms with Crippen LogP contribution in [0.1, 0.15) is 40.3 Å². The molecule has 6 rings (SSSR count). The third kappa shape index (κ3) is 15.4. The second-order valence-electron chi connectivity index (χ2n) is 13.4. The number of thioether (sulfide) groups is 2. The lowest BCUT2D eigenvalue weighted by molar-refractivity contribution is -0.142. The molecule has 0 aromatic heterocycles. The normalized spacial score (nSPS) is 11.4. The Kier molecular flexibility index (Phi) is 18.2. The van der Waals surface area contributed by atoms with Gasteiger partial charge in [-0.2, -0.15) is 10.5 Å². The van der Waals surface area contributed by atoms with E-state index in [4.69, 9.17) is 24.7 Å². The maximum absolute atomic E-state index is 12.4. The highest BCUT2D eigenvalue weighted by Crippen LogP contribution is 2.28. The van der Waals surface area contributed by atoms with Crippen LogP contribution in [-0.4, -0.2) is 47.4 Å². The lowest BCUT2D eigenvalue weighted by Gasteiger charge is -2.16. The van der Waals surface area contributed by atoms with E-state index in [9.17, 15) is 14.7 Å². The molecule has 2 atom stereocenters. The lowest BCUT2D eigenvalue weighted by Crippen LogP contribution is -2.22.